The summed E-state index contributed by atoms with van der Waals surface area (Å²) in [6.45, 7) is 1.52. The summed E-state index contributed by atoms with van der Waals surface area (Å²) >= 11 is 0. The molecule has 5 heteroatoms. The second kappa shape index (κ2) is 8.06. The third kappa shape index (κ3) is 3.65. The Morgan fingerprint density at radius 3 is 2.48 bits per heavy atom. The van der Waals surface area contributed by atoms with E-state index in [-0.39, 0.29) is 17.4 Å². The van der Waals surface area contributed by atoms with Crippen LogP contribution in [0, 0.1) is 0 Å². The summed E-state index contributed by atoms with van der Waals surface area (Å²) < 4.78 is 1.85. The fourth-order valence-corrected chi connectivity index (χ4v) is 4.77. The topological polar surface area (TPSA) is 64.8 Å². The minimum atomic E-state index is -0.0444. The summed E-state index contributed by atoms with van der Waals surface area (Å²) in [7, 11) is 0. The number of benzene rings is 2. The van der Waals surface area contributed by atoms with Crippen LogP contribution in [0.2, 0.25) is 0 Å². The number of rotatable bonds is 4. The first-order valence-electron chi connectivity index (χ1n) is 11.0. The number of aromatic nitrogens is 3. The van der Waals surface area contributed by atoms with E-state index >= 15 is 0 Å². The molecule has 0 amide bonds. The monoisotopic (exact) mass is 411 g/mol. The number of hydrogen-bond acceptors (Lipinski definition) is 4. The highest BCUT2D eigenvalue weighted by molar-refractivity contribution is 6.06. The van der Waals surface area contributed by atoms with Crippen LogP contribution in [0.1, 0.15) is 66.7 Å². The van der Waals surface area contributed by atoms with Crippen LogP contribution in [0.15, 0.2) is 59.8 Å². The number of nitrogens with zero attached hydrogens (tertiary/aromatic N) is 3. The van der Waals surface area contributed by atoms with Crippen LogP contribution in [0.4, 0.5) is 0 Å². The van der Waals surface area contributed by atoms with E-state index in [1.54, 1.807) is 18.6 Å². The van der Waals surface area contributed by atoms with Gasteiger partial charge in [0.15, 0.2) is 5.78 Å². The normalized spacial score (nSPS) is 14.9. The van der Waals surface area contributed by atoms with E-state index in [0.717, 1.165) is 40.3 Å². The van der Waals surface area contributed by atoms with Crippen molar-refractivity contribution in [2.45, 2.75) is 51.5 Å². The molecule has 0 atom stereocenters. The predicted octanol–water partition coefficient (Wildman–Crippen LogP) is 5.24. The molecule has 1 aliphatic carbocycles. The van der Waals surface area contributed by atoms with Crippen molar-refractivity contribution in [1.82, 2.24) is 14.5 Å². The van der Waals surface area contributed by atoms with Gasteiger partial charge in [0, 0.05) is 24.5 Å². The van der Waals surface area contributed by atoms with Crippen molar-refractivity contribution in [1.29, 1.82) is 0 Å². The van der Waals surface area contributed by atoms with Gasteiger partial charge in [-0.15, -0.1) is 0 Å². The lowest BCUT2D eigenvalue weighted by Crippen LogP contribution is -2.26. The minimum absolute atomic E-state index is 0.0444. The molecule has 0 unspecified atom stereocenters. The van der Waals surface area contributed by atoms with Gasteiger partial charge < -0.3 is 0 Å². The van der Waals surface area contributed by atoms with E-state index < -0.39 is 0 Å². The molecule has 0 saturated heterocycles. The molecule has 1 saturated carbocycles. The molecule has 0 N–H and O–H groups in total. The van der Waals surface area contributed by atoms with Gasteiger partial charge in [-0.2, -0.15) is 0 Å². The van der Waals surface area contributed by atoms with Crippen LogP contribution in [0.5, 0.6) is 0 Å². The van der Waals surface area contributed by atoms with E-state index in [1.165, 1.54) is 26.2 Å². The summed E-state index contributed by atoms with van der Waals surface area (Å²) in [5.41, 5.74) is 3.36. The van der Waals surface area contributed by atoms with Crippen LogP contribution in [-0.4, -0.2) is 20.3 Å². The average Bonchev–Trinajstić information content (AvgIpc) is 2.81. The standard InChI is InChI=1S/C26H25N3O2/c1-17(30)24-12-11-18(15-27-24)13-19-14-23-25(22-10-6-5-9-21(19)22)28-16-29(26(23)31)20-7-3-2-4-8-20/h5-6,9-12,14-16,20H,2-4,7-8,13H2,1H3. The summed E-state index contributed by atoms with van der Waals surface area (Å²) in [6, 6.07) is 14.1. The highest BCUT2D eigenvalue weighted by atomic mass is 16.1. The number of Topliss-reactive ketones (excluding diaryl/α,β-unsaturated/α-hetero) is 1. The second-order valence-electron chi connectivity index (χ2n) is 8.51. The van der Waals surface area contributed by atoms with E-state index in [2.05, 4.69) is 11.1 Å². The molecular formula is C26H25N3O2. The molecule has 2 heterocycles. The minimum Gasteiger partial charge on any atom is -0.296 e. The maximum Gasteiger partial charge on any atom is 0.261 e. The first-order valence-corrected chi connectivity index (χ1v) is 11.0. The number of fused-ring (bicyclic) bond motifs is 3. The fraction of sp³-hybridized carbons (Fsp3) is 0.308. The SMILES string of the molecule is CC(=O)c1ccc(Cc2cc3c(=O)n(C4CCCCC4)cnc3c3ccccc23)cn1. The third-order valence-corrected chi connectivity index (χ3v) is 6.43. The maximum atomic E-state index is 13.5. The number of ketones is 1. The molecule has 5 rings (SSSR count). The zero-order chi connectivity index (χ0) is 21.4. The van der Waals surface area contributed by atoms with Crippen molar-refractivity contribution in [2.24, 2.45) is 0 Å². The molecule has 0 aliphatic heterocycles. The van der Waals surface area contributed by atoms with E-state index in [4.69, 9.17) is 4.98 Å². The molecule has 5 nitrogen and oxygen atoms in total. The summed E-state index contributed by atoms with van der Waals surface area (Å²) in [6.07, 6.45) is 9.81. The molecule has 156 valence electrons. The van der Waals surface area contributed by atoms with Crippen molar-refractivity contribution >= 4 is 27.5 Å². The van der Waals surface area contributed by atoms with Crippen LogP contribution < -0.4 is 5.56 Å². The number of pyridine rings is 1. The first kappa shape index (κ1) is 19.6. The Hall–Kier alpha value is -3.34. The lowest BCUT2D eigenvalue weighted by Gasteiger charge is -2.24. The average molecular weight is 412 g/mol. The van der Waals surface area contributed by atoms with E-state index in [0.29, 0.717) is 17.5 Å². The van der Waals surface area contributed by atoms with Crippen molar-refractivity contribution < 1.29 is 4.79 Å². The Kier molecular flexibility index (Phi) is 5.10. The Labute approximate surface area is 180 Å². The lowest BCUT2D eigenvalue weighted by molar-refractivity contribution is 0.101. The third-order valence-electron chi connectivity index (χ3n) is 6.43. The quantitative estimate of drug-likeness (QED) is 0.340. The molecule has 2 aromatic carbocycles. The Morgan fingerprint density at radius 2 is 1.77 bits per heavy atom. The second-order valence-corrected chi connectivity index (χ2v) is 8.51. The molecule has 31 heavy (non-hydrogen) atoms. The molecule has 0 radical (unpaired) electrons. The predicted molar refractivity (Wildman–Crippen MR) is 123 cm³/mol. The molecule has 1 fully saturated rings. The van der Waals surface area contributed by atoms with Crippen LogP contribution in [0.3, 0.4) is 0 Å². The molecule has 2 aromatic heterocycles. The fourth-order valence-electron chi connectivity index (χ4n) is 4.77. The van der Waals surface area contributed by atoms with Gasteiger partial charge in [-0.05, 0) is 47.9 Å². The smallest absolute Gasteiger partial charge is 0.261 e. The van der Waals surface area contributed by atoms with Crippen LogP contribution in [-0.2, 0) is 6.42 Å². The highest BCUT2D eigenvalue weighted by Gasteiger charge is 2.19. The Morgan fingerprint density at radius 1 is 1.00 bits per heavy atom. The van der Waals surface area contributed by atoms with Crippen LogP contribution in [0.25, 0.3) is 21.7 Å². The van der Waals surface area contributed by atoms with E-state index in [9.17, 15) is 9.59 Å². The van der Waals surface area contributed by atoms with Gasteiger partial charge in [-0.1, -0.05) is 49.6 Å². The zero-order valence-corrected chi connectivity index (χ0v) is 17.7. The summed E-state index contributed by atoms with van der Waals surface area (Å²) in [5.74, 6) is -0.0444. The van der Waals surface area contributed by atoms with Crippen LogP contribution >= 0.6 is 0 Å². The summed E-state index contributed by atoms with van der Waals surface area (Å²) in [5, 5.41) is 2.76. The van der Waals surface area contributed by atoms with Gasteiger partial charge in [0.2, 0.25) is 0 Å². The van der Waals surface area contributed by atoms with Crippen molar-refractivity contribution in [3.8, 4) is 0 Å². The molecule has 1 aliphatic rings. The van der Waals surface area contributed by atoms with Gasteiger partial charge in [-0.3, -0.25) is 19.1 Å². The number of carbonyl (C=O) groups excluding carboxylic acids is 1. The molecular weight excluding hydrogens is 386 g/mol. The lowest BCUT2D eigenvalue weighted by atomic mass is 9.94. The first-order chi connectivity index (χ1) is 15.1. The van der Waals surface area contributed by atoms with E-state index in [1.807, 2.05) is 34.9 Å². The van der Waals surface area contributed by atoms with Gasteiger partial charge in [-0.25, -0.2) is 4.98 Å². The molecule has 0 bridgehead atoms. The summed E-state index contributed by atoms with van der Waals surface area (Å²) in [4.78, 5) is 34.0. The zero-order valence-electron chi connectivity index (χ0n) is 17.7. The van der Waals surface area contributed by atoms with Gasteiger partial charge in [0.05, 0.1) is 17.2 Å². The Bertz CT molecular complexity index is 1330. The van der Waals surface area contributed by atoms with Crippen molar-refractivity contribution in [3.05, 3.63) is 82.2 Å². The van der Waals surface area contributed by atoms with Gasteiger partial charge in [0.25, 0.3) is 5.56 Å². The van der Waals surface area contributed by atoms with Gasteiger partial charge >= 0.3 is 0 Å². The molecule has 0 spiro atoms. The Balaban J connectivity index is 1.65. The number of hydrogen-bond donors (Lipinski definition) is 0. The highest BCUT2D eigenvalue weighted by Crippen LogP contribution is 2.30. The molecule has 4 aromatic rings. The number of carbonyl (C=O) groups is 1. The largest absolute Gasteiger partial charge is 0.296 e. The van der Waals surface area contributed by atoms with Gasteiger partial charge in [0.1, 0.15) is 5.69 Å². The van der Waals surface area contributed by atoms with Crippen molar-refractivity contribution in [3.63, 3.8) is 0 Å². The maximum absolute atomic E-state index is 13.5. The van der Waals surface area contributed by atoms with Crippen molar-refractivity contribution in [2.75, 3.05) is 0 Å².